The molecule has 1 N–H and O–H groups in total. The number of hydrogen-bond donors (Lipinski definition) is 1. The van der Waals surface area contributed by atoms with Crippen molar-refractivity contribution in [3.63, 3.8) is 0 Å². The van der Waals surface area contributed by atoms with Gasteiger partial charge in [0.1, 0.15) is 11.6 Å². The van der Waals surface area contributed by atoms with Crippen LogP contribution in [0.1, 0.15) is 47.2 Å². The van der Waals surface area contributed by atoms with Crippen molar-refractivity contribution in [3.8, 4) is 0 Å². The second kappa shape index (κ2) is 9.64. The van der Waals surface area contributed by atoms with E-state index in [1.165, 1.54) is 0 Å². The first kappa shape index (κ1) is 21.5. The average molecular weight is 430 g/mol. The Balaban J connectivity index is 1.48. The number of likely N-dealkylation sites (tertiary alicyclic amines) is 1. The molecule has 1 aliphatic heterocycles. The fourth-order valence-electron chi connectivity index (χ4n) is 3.93. The Morgan fingerprint density at radius 1 is 1.12 bits per heavy atom. The van der Waals surface area contributed by atoms with Gasteiger partial charge in [-0.2, -0.15) is 0 Å². The van der Waals surface area contributed by atoms with Gasteiger partial charge in [0.25, 0.3) is 0 Å². The van der Waals surface area contributed by atoms with Crippen molar-refractivity contribution in [1.29, 1.82) is 0 Å². The summed E-state index contributed by atoms with van der Waals surface area (Å²) in [5.41, 5.74) is 3.63. The lowest BCUT2D eigenvalue weighted by atomic mass is 9.94. The summed E-state index contributed by atoms with van der Waals surface area (Å²) >= 11 is 0. The number of nitrogens with one attached hydrogen (secondary N) is 1. The van der Waals surface area contributed by atoms with Gasteiger partial charge in [0.15, 0.2) is 0 Å². The monoisotopic (exact) mass is 429 g/mol. The summed E-state index contributed by atoms with van der Waals surface area (Å²) in [7, 11) is 0. The third-order valence-corrected chi connectivity index (χ3v) is 5.33. The summed E-state index contributed by atoms with van der Waals surface area (Å²) in [5.74, 6) is 2.02. The maximum atomic E-state index is 12.7. The molecule has 3 aromatic heterocycles. The molecule has 32 heavy (non-hydrogen) atoms. The van der Waals surface area contributed by atoms with Crippen molar-refractivity contribution in [2.24, 2.45) is 0 Å². The molecular formula is C24H27N7O. The molecule has 0 radical (unpaired) electrons. The highest BCUT2D eigenvalue weighted by molar-refractivity contribution is 5.91. The van der Waals surface area contributed by atoms with Crippen molar-refractivity contribution < 1.29 is 4.79 Å². The van der Waals surface area contributed by atoms with Gasteiger partial charge in [0.05, 0.1) is 5.69 Å². The van der Waals surface area contributed by atoms with Crippen LogP contribution in [-0.4, -0.2) is 48.8 Å². The van der Waals surface area contributed by atoms with Crippen molar-refractivity contribution in [2.75, 3.05) is 18.4 Å². The molecule has 164 valence electrons. The minimum atomic E-state index is 0.00585. The van der Waals surface area contributed by atoms with Gasteiger partial charge in [-0.25, -0.2) is 19.9 Å². The van der Waals surface area contributed by atoms with Gasteiger partial charge in [0.2, 0.25) is 11.9 Å². The maximum absolute atomic E-state index is 12.7. The molecule has 1 saturated heterocycles. The normalized spacial score (nSPS) is 16.3. The minimum absolute atomic E-state index is 0.00585. The molecule has 0 unspecified atom stereocenters. The summed E-state index contributed by atoms with van der Waals surface area (Å²) in [6.45, 7) is 7.13. The standard InChI is InChI=1S/C24H27N7O/c1-16-12-17(2)27-24(26-16)30-22-13-21(28-18(3)29-22)20-7-5-11-31(15-20)23(32)9-8-19-6-4-10-25-14-19/h4,6,8-10,12-14,20H,5,7,11,15H2,1-3H3,(H,26,27,28,29,30)/b9-8+/t20-/m1/s1. The van der Waals surface area contributed by atoms with E-state index in [9.17, 15) is 4.79 Å². The molecule has 1 aliphatic rings. The third-order valence-electron chi connectivity index (χ3n) is 5.33. The number of amides is 1. The Hall–Kier alpha value is -3.68. The Morgan fingerprint density at radius 3 is 2.69 bits per heavy atom. The zero-order valence-corrected chi connectivity index (χ0v) is 18.6. The largest absolute Gasteiger partial charge is 0.338 e. The first-order valence-electron chi connectivity index (χ1n) is 10.8. The number of anilines is 2. The number of piperidine rings is 1. The van der Waals surface area contributed by atoms with E-state index in [1.54, 1.807) is 24.5 Å². The summed E-state index contributed by atoms with van der Waals surface area (Å²) in [6.07, 6.45) is 8.79. The molecule has 4 heterocycles. The van der Waals surface area contributed by atoms with Crippen LogP contribution in [0, 0.1) is 20.8 Å². The van der Waals surface area contributed by atoms with E-state index in [4.69, 9.17) is 0 Å². The number of carbonyl (C=O) groups is 1. The number of aryl methyl sites for hydroxylation is 3. The highest BCUT2D eigenvalue weighted by Crippen LogP contribution is 2.27. The molecule has 1 amide bonds. The molecular weight excluding hydrogens is 402 g/mol. The zero-order chi connectivity index (χ0) is 22.5. The number of rotatable bonds is 5. The van der Waals surface area contributed by atoms with Crippen LogP contribution in [-0.2, 0) is 4.79 Å². The van der Waals surface area contributed by atoms with Crippen molar-refractivity contribution >= 4 is 23.7 Å². The Morgan fingerprint density at radius 2 is 1.94 bits per heavy atom. The van der Waals surface area contributed by atoms with E-state index < -0.39 is 0 Å². The van der Waals surface area contributed by atoms with Crippen LogP contribution >= 0.6 is 0 Å². The first-order chi connectivity index (χ1) is 15.5. The molecule has 8 nitrogen and oxygen atoms in total. The number of nitrogens with zero attached hydrogens (tertiary/aromatic N) is 6. The molecule has 0 aliphatic carbocycles. The lowest BCUT2D eigenvalue weighted by Crippen LogP contribution is -2.38. The van der Waals surface area contributed by atoms with E-state index in [0.717, 1.165) is 42.0 Å². The minimum Gasteiger partial charge on any atom is -0.338 e. The molecule has 0 aromatic carbocycles. The molecule has 0 spiro atoms. The zero-order valence-electron chi connectivity index (χ0n) is 18.6. The maximum Gasteiger partial charge on any atom is 0.246 e. The van der Waals surface area contributed by atoms with E-state index >= 15 is 0 Å². The fourth-order valence-corrected chi connectivity index (χ4v) is 3.93. The topological polar surface area (TPSA) is 96.8 Å². The van der Waals surface area contributed by atoms with Gasteiger partial charge in [0, 0.05) is 54.9 Å². The Kier molecular flexibility index (Phi) is 6.49. The van der Waals surface area contributed by atoms with Crippen molar-refractivity contribution in [1.82, 2.24) is 29.8 Å². The van der Waals surface area contributed by atoms with Crippen molar-refractivity contribution in [2.45, 2.75) is 39.5 Å². The summed E-state index contributed by atoms with van der Waals surface area (Å²) < 4.78 is 0. The molecule has 1 atom stereocenters. The second-order valence-corrected chi connectivity index (χ2v) is 8.07. The van der Waals surface area contributed by atoms with Gasteiger partial charge in [-0.3, -0.25) is 9.78 Å². The van der Waals surface area contributed by atoms with Gasteiger partial charge < -0.3 is 10.2 Å². The molecule has 0 bridgehead atoms. The van der Waals surface area contributed by atoms with E-state index in [2.05, 4.69) is 30.2 Å². The molecule has 0 saturated carbocycles. The molecule has 1 fully saturated rings. The smallest absolute Gasteiger partial charge is 0.246 e. The first-order valence-corrected chi connectivity index (χ1v) is 10.8. The van der Waals surface area contributed by atoms with Gasteiger partial charge in [-0.05, 0) is 57.4 Å². The highest BCUT2D eigenvalue weighted by atomic mass is 16.2. The SMILES string of the molecule is Cc1cc(C)nc(Nc2cc([C@@H]3CCCN(C(=O)/C=C/c4cccnc4)C3)nc(C)n2)n1. The Bertz CT molecular complexity index is 1110. The number of pyridine rings is 1. The number of aromatic nitrogens is 5. The van der Waals surface area contributed by atoms with Crippen LogP contribution < -0.4 is 5.32 Å². The quantitative estimate of drug-likeness (QED) is 0.617. The van der Waals surface area contributed by atoms with E-state index in [1.807, 2.05) is 49.9 Å². The lowest BCUT2D eigenvalue weighted by Gasteiger charge is -2.32. The van der Waals surface area contributed by atoms with Crippen LogP contribution in [0.25, 0.3) is 6.08 Å². The van der Waals surface area contributed by atoms with Gasteiger partial charge in [-0.15, -0.1) is 0 Å². The predicted octanol–water partition coefficient (Wildman–Crippen LogP) is 3.75. The summed E-state index contributed by atoms with van der Waals surface area (Å²) in [4.78, 5) is 36.7. The summed E-state index contributed by atoms with van der Waals surface area (Å²) in [6, 6.07) is 7.65. The fraction of sp³-hybridized carbons (Fsp3) is 0.333. The summed E-state index contributed by atoms with van der Waals surface area (Å²) in [5, 5.41) is 3.21. The van der Waals surface area contributed by atoms with Crippen LogP contribution in [0.2, 0.25) is 0 Å². The lowest BCUT2D eigenvalue weighted by molar-refractivity contribution is -0.127. The second-order valence-electron chi connectivity index (χ2n) is 8.07. The van der Waals surface area contributed by atoms with E-state index in [0.29, 0.717) is 24.1 Å². The molecule has 8 heteroatoms. The van der Waals surface area contributed by atoms with Crippen LogP contribution in [0.15, 0.2) is 42.7 Å². The van der Waals surface area contributed by atoms with Crippen LogP contribution in [0.3, 0.4) is 0 Å². The average Bonchev–Trinajstić information content (AvgIpc) is 2.77. The number of hydrogen-bond acceptors (Lipinski definition) is 7. The van der Waals surface area contributed by atoms with Gasteiger partial charge >= 0.3 is 0 Å². The molecule has 3 aromatic rings. The van der Waals surface area contributed by atoms with Crippen LogP contribution in [0.4, 0.5) is 11.8 Å². The molecule has 4 rings (SSSR count). The van der Waals surface area contributed by atoms with Crippen LogP contribution in [0.5, 0.6) is 0 Å². The van der Waals surface area contributed by atoms with E-state index in [-0.39, 0.29) is 11.8 Å². The van der Waals surface area contributed by atoms with Gasteiger partial charge in [-0.1, -0.05) is 6.07 Å². The Labute approximate surface area is 187 Å². The predicted molar refractivity (Wildman–Crippen MR) is 123 cm³/mol. The highest BCUT2D eigenvalue weighted by Gasteiger charge is 2.25. The third kappa shape index (κ3) is 5.51. The number of carbonyl (C=O) groups excluding carboxylic acids is 1. The van der Waals surface area contributed by atoms with Crippen molar-refractivity contribution in [3.05, 3.63) is 71.2 Å².